The lowest BCUT2D eigenvalue weighted by molar-refractivity contribution is -0.327. The van der Waals surface area contributed by atoms with Gasteiger partial charge in [0, 0.05) is 5.92 Å². The molecule has 0 aromatic heterocycles. The Balaban J connectivity index is 1.30. The van der Waals surface area contributed by atoms with E-state index >= 15 is 0 Å². The summed E-state index contributed by atoms with van der Waals surface area (Å²) in [7, 11) is 0. The minimum Gasteiger partial charge on any atom is -0.394 e. The lowest BCUT2D eigenvalue weighted by Gasteiger charge is -2.70. The van der Waals surface area contributed by atoms with Crippen molar-refractivity contribution in [3.05, 3.63) is 11.6 Å². The van der Waals surface area contributed by atoms with Crippen molar-refractivity contribution in [1.82, 2.24) is 0 Å². The molecule has 5 aliphatic carbocycles. The fourth-order valence-electron chi connectivity index (χ4n) is 12.8. The van der Waals surface area contributed by atoms with E-state index < -0.39 is 48.8 Å². The summed E-state index contributed by atoms with van der Waals surface area (Å²) in [5, 5.41) is 64.9. The SMILES string of the molecule is CC(C)[C@@H]1C[C@@H](O)[C@H]2[C@@]1(C)CC[C@@]1(C)[C@H]3C(=CC[C@]21C)[C@@]1(C)CC[C@H](O[C@@H]2O[C@H](CO)[C@@H](O)[C@H](O)[C@H]2O)C(C)(C)C1C[C@@H]3O. The highest BCUT2D eigenvalue weighted by Crippen LogP contribution is 2.76. The van der Waals surface area contributed by atoms with E-state index in [0.29, 0.717) is 18.3 Å². The van der Waals surface area contributed by atoms with Gasteiger partial charge in [0.1, 0.15) is 24.4 Å². The molecular weight excluding hydrogens is 560 g/mol. The Morgan fingerprint density at radius 3 is 2.18 bits per heavy atom. The minimum atomic E-state index is -1.48. The molecule has 1 saturated heterocycles. The van der Waals surface area contributed by atoms with Crippen LogP contribution < -0.4 is 0 Å². The van der Waals surface area contributed by atoms with Crippen LogP contribution in [0.4, 0.5) is 0 Å². The van der Waals surface area contributed by atoms with Crippen molar-refractivity contribution in [3.63, 3.8) is 0 Å². The Morgan fingerprint density at radius 2 is 1.55 bits per heavy atom. The van der Waals surface area contributed by atoms with Gasteiger partial charge in [-0.2, -0.15) is 0 Å². The molecule has 0 bridgehead atoms. The Bertz CT molecular complexity index is 1140. The zero-order chi connectivity index (χ0) is 32.4. The minimum absolute atomic E-state index is 0.0380. The largest absolute Gasteiger partial charge is 0.394 e. The topological polar surface area (TPSA) is 140 Å². The van der Waals surface area contributed by atoms with Crippen LogP contribution in [0.15, 0.2) is 11.6 Å². The Hall–Kier alpha value is -0.580. The third kappa shape index (κ3) is 4.30. The first-order chi connectivity index (χ1) is 20.4. The summed E-state index contributed by atoms with van der Waals surface area (Å²) in [6.07, 6.45) is 0.966. The predicted octanol–water partition coefficient (Wildman–Crippen LogP) is 3.79. The number of fused-ring (bicyclic) bond motifs is 7. The summed E-state index contributed by atoms with van der Waals surface area (Å²) >= 11 is 0. The highest BCUT2D eigenvalue weighted by molar-refractivity contribution is 5.35. The average Bonchev–Trinajstić information content (AvgIpc) is 3.23. The molecule has 6 rings (SSSR count). The summed E-state index contributed by atoms with van der Waals surface area (Å²) in [5.41, 5.74) is 0.716. The zero-order valence-corrected chi connectivity index (χ0v) is 28.2. The third-order valence-corrected chi connectivity index (χ3v) is 15.3. The van der Waals surface area contributed by atoms with Gasteiger partial charge < -0.3 is 40.1 Å². The molecule has 8 nitrogen and oxygen atoms in total. The highest BCUT2D eigenvalue weighted by atomic mass is 16.7. The first-order valence-corrected chi connectivity index (χ1v) is 17.4. The van der Waals surface area contributed by atoms with Crippen molar-refractivity contribution in [3.8, 4) is 0 Å². The van der Waals surface area contributed by atoms with Crippen LogP contribution >= 0.6 is 0 Å². The lowest BCUT2D eigenvalue weighted by Crippen LogP contribution is -2.66. The number of hydrogen-bond donors (Lipinski definition) is 6. The number of ether oxygens (including phenoxy) is 2. The third-order valence-electron chi connectivity index (χ3n) is 15.3. The van der Waals surface area contributed by atoms with Gasteiger partial charge in [-0.05, 0) is 95.7 Å². The lowest BCUT2D eigenvalue weighted by atomic mass is 9.35. The van der Waals surface area contributed by atoms with Crippen molar-refractivity contribution >= 4 is 0 Å². The van der Waals surface area contributed by atoms with E-state index in [0.717, 1.165) is 38.5 Å². The predicted molar refractivity (Wildman–Crippen MR) is 166 cm³/mol. The monoisotopic (exact) mass is 620 g/mol. The molecule has 0 amide bonds. The molecule has 0 aromatic carbocycles. The summed E-state index contributed by atoms with van der Waals surface area (Å²) in [6.45, 7) is 18.2. The quantitative estimate of drug-likeness (QED) is 0.206. The maximum atomic E-state index is 12.2. The molecule has 1 heterocycles. The molecule has 5 fully saturated rings. The summed E-state index contributed by atoms with van der Waals surface area (Å²) in [5.74, 6) is 1.39. The average molecular weight is 621 g/mol. The van der Waals surface area contributed by atoms with Crippen LogP contribution in [0, 0.1) is 56.7 Å². The van der Waals surface area contributed by atoms with Gasteiger partial charge in [-0.25, -0.2) is 0 Å². The first kappa shape index (κ1) is 33.3. The van der Waals surface area contributed by atoms with E-state index in [-0.39, 0.29) is 51.6 Å². The molecule has 44 heavy (non-hydrogen) atoms. The second kappa shape index (κ2) is 10.7. The van der Waals surface area contributed by atoms with Crippen LogP contribution in [-0.2, 0) is 9.47 Å². The summed E-state index contributed by atoms with van der Waals surface area (Å²) in [4.78, 5) is 0. The van der Waals surface area contributed by atoms with Gasteiger partial charge in [-0.15, -0.1) is 0 Å². The van der Waals surface area contributed by atoms with Gasteiger partial charge in [-0.1, -0.05) is 67.0 Å². The summed E-state index contributed by atoms with van der Waals surface area (Å²) in [6, 6.07) is 0. The van der Waals surface area contributed by atoms with Gasteiger partial charge in [0.15, 0.2) is 6.29 Å². The smallest absolute Gasteiger partial charge is 0.186 e. The second-order valence-electron chi connectivity index (χ2n) is 17.8. The number of aliphatic hydroxyl groups excluding tert-OH is 6. The van der Waals surface area contributed by atoms with Gasteiger partial charge >= 0.3 is 0 Å². The number of allylic oxidation sites excluding steroid dienone is 1. The van der Waals surface area contributed by atoms with Crippen LogP contribution in [0.3, 0.4) is 0 Å². The molecule has 6 N–H and O–H groups in total. The van der Waals surface area contributed by atoms with Crippen LogP contribution in [-0.4, -0.2) is 86.3 Å². The van der Waals surface area contributed by atoms with Crippen LogP contribution in [0.1, 0.15) is 100 Å². The number of rotatable bonds is 4. The Labute approximate surface area is 264 Å². The van der Waals surface area contributed by atoms with Crippen molar-refractivity contribution in [2.45, 2.75) is 149 Å². The molecule has 16 atom stereocenters. The zero-order valence-electron chi connectivity index (χ0n) is 28.2. The molecule has 6 aliphatic rings. The standard InChI is InChI=1S/C36H60O8/c1-18(2)20-15-22(39)30-34(20,6)13-14-35(7)26-19(9-12-36(30,35)8)33(5)11-10-25(32(3,4)24(33)16-21(26)38)44-31-29(42)28(41)27(40)23(17-37)43-31/h9,18,20-31,37-42H,10-17H2,1-8H3/t20-,21-,22+,23+,24?,25-,26-,27+,28-,29+,30-,31-,33+,34-,35-,36+/m0/s1. The van der Waals surface area contributed by atoms with Crippen molar-refractivity contribution in [1.29, 1.82) is 0 Å². The molecule has 0 radical (unpaired) electrons. The second-order valence-corrected chi connectivity index (χ2v) is 17.8. The molecule has 1 unspecified atom stereocenters. The van der Waals surface area contributed by atoms with Crippen molar-refractivity contribution < 1.29 is 40.1 Å². The van der Waals surface area contributed by atoms with Crippen LogP contribution in [0.25, 0.3) is 0 Å². The maximum Gasteiger partial charge on any atom is 0.186 e. The van der Waals surface area contributed by atoms with Crippen LogP contribution in [0.5, 0.6) is 0 Å². The first-order valence-electron chi connectivity index (χ1n) is 17.4. The van der Waals surface area contributed by atoms with Crippen molar-refractivity contribution in [2.75, 3.05) is 6.61 Å². The molecule has 252 valence electrons. The van der Waals surface area contributed by atoms with Crippen LogP contribution in [0.2, 0.25) is 0 Å². The highest BCUT2D eigenvalue weighted by Gasteiger charge is 2.71. The number of aliphatic hydroxyl groups is 6. The van der Waals surface area contributed by atoms with Gasteiger partial charge in [-0.3, -0.25) is 0 Å². The molecule has 0 aromatic rings. The fourth-order valence-corrected chi connectivity index (χ4v) is 12.8. The van der Waals surface area contributed by atoms with E-state index in [1.807, 2.05) is 0 Å². The van der Waals surface area contributed by atoms with E-state index in [1.165, 1.54) is 5.57 Å². The Morgan fingerprint density at radius 1 is 0.864 bits per heavy atom. The molecule has 4 saturated carbocycles. The maximum absolute atomic E-state index is 12.2. The Kier molecular flexibility index (Phi) is 8.11. The fraction of sp³-hybridized carbons (Fsp3) is 0.944. The molecule has 8 heteroatoms. The molecular formula is C36H60O8. The van der Waals surface area contributed by atoms with E-state index in [2.05, 4.69) is 61.5 Å². The molecule has 0 spiro atoms. The van der Waals surface area contributed by atoms with E-state index in [1.54, 1.807) is 0 Å². The normalized spacial score (nSPS) is 56.8. The van der Waals surface area contributed by atoms with E-state index in [9.17, 15) is 30.6 Å². The van der Waals surface area contributed by atoms with Gasteiger partial charge in [0.05, 0.1) is 24.9 Å². The van der Waals surface area contributed by atoms with E-state index in [4.69, 9.17) is 9.47 Å². The van der Waals surface area contributed by atoms with Gasteiger partial charge in [0.25, 0.3) is 0 Å². The van der Waals surface area contributed by atoms with Crippen molar-refractivity contribution in [2.24, 2.45) is 56.7 Å². The summed E-state index contributed by atoms with van der Waals surface area (Å²) < 4.78 is 12.2. The molecule has 1 aliphatic heterocycles. The number of hydrogen-bond acceptors (Lipinski definition) is 8. The van der Waals surface area contributed by atoms with Gasteiger partial charge in [0.2, 0.25) is 0 Å².